The predicted molar refractivity (Wildman–Crippen MR) is 90.2 cm³/mol. The van der Waals surface area contributed by atoms with Crippen LogP contribution in [0.3, 0.4) is 0 Å². The van der Waals surface area contributed by atoms with Crippen LogP contribution in [0.5, 0.6) is 0 Å². The molecule has 2 heterocycles. The first-order chi connectivity index (χ1) is 11.3. The summed E-state index contributed by atoms with van der Waals surface area (Å²) in [6, 6.07) is 9.60. The van der Waals surface area contributed by atoms with Crippen molar-refractivity contribution in [3.63, 3.8) is 0 Å². The van der Waals surface area contributed by atoms with E-state index in [1.165, 1.54) is 0 Å². The van der Waals surface area contributed by atoms with Crippen LogP contribution in [0.1, 0.15) is 21.7 Å². The fourth-order valence-electron chi connectivity index (χ4n) is 2.77. The van der Waals surface area contributed by atoms with Crippen molar-refractivity contribution in [2.24, 2.45) is 5.73 Å². The number of nitrogens with zero attached hydrogens (tertiary/aromatic N) is 1. The van der Waals surface area contributed by atoms with Crippen molar-refractivity contribution in [2.75, 3.05) is 11.4 Å². The number of rotatable bonds is 5. The minimum absolute atomic E-state index is 0.284. The summed E-state index contributed by atoms with van der Waals surface area (Å²) in [6.45, 7) is -0.364. The van der Waals surface area contributed by atoms with Gasteiger partial charge in [-0.05, 0) is 18.2 Å². The van der Waals surface area contributed by atoms with Crippen molar-refractivity contribution in [3.8, 4) is 0 Å². The van der Waals surface area contributed by atoms with E-state index < -0.39 is 29.6 Å². The average Bonchev–Trinajstić information content (AvgIpc) is 3.05. The average molecular weight is 365 g/mol. The molecule has 6 nitrogen and oxygen atoms in total. The van der Waals surface area contributed by atoms with Crippen LogP contribution in [0.15, 0.2) is 36.4 Å². The number of amides is 2. The Morgan fingerprint density at radius 2 is 1.96 bits per heavy atom. The van der Waals surface area contributed by atoms with Crippen molar-refractivity contribution in [1.82, 2.24) is 0 Å². The van der Waals surface area contributed by atoms with Crippen LogP contribution < -0.4 is 10.6 Å². The Morgan fingerprint density at radius 3 is 2.58 bits per heavy atom. The van der Waals surface area contributed by atoms with Gasteiger partial charge in [0.15, 0.2) is 11.4 Å². The largest absolute Gasteiger partial charge is 0.375 e. The van der Waals surface area contributed by atoms with Crippen LogP contribution in [0.2, 0.25) is 4.34 Å². The van der Waals surface area contributed by atoms with Gasteiger partial charge in [-0.15, -0.1) is 11.3 Å². The van der Waals surface area contributed by atoms with E-state index >= 15 is 0 Å². The number of primary amides is 1. The van der Waals surface area contributed by atoms with Crippen LogP contribution >= 0.6 is 22.9 Å². The zero-order chi connectivity index (χ0) is 17.5. The molecule has 0 radical (unpaired) electrons. The van der Waals surface area contributed by atoms with Gasteiger partial charge in [0.25, 0.3) is 5.91 Å². The van der Waals surface area contributed by atoms with E-state index in [2.05, 4.69) is 0 Å². The Kier molecular flexibility index (Phi) is 4.16. The second-order valence-corrected chi connectivity index (χ2v) is 7.15. The lowest BCUT2D eigenvalue weighted by Gasteiger charge is -2.21. The first-order valence-electron chi connectivity index (χ1n) is 7.03. The van der Waals surface area contributed by atoms with Crippen LogP contribution in [-0.2, 0) is 15.2 Å². The highest BCUT2D eigenvalue weighted by Crippen LogP contribution is 2.43. The molecule has 3 rings (SSSR count). The summed E-state index contributed by atoms with van der Waals surface area (Å²) in [5, 5.41) is 10.9. The molecule has 0 fully saturated rings. The summed E-state index contributed by atoms with van der Waals surface area (Å²) >= 11 is 6.90. The third-order valence-electron chi connectivity index (χ3n) is 3.82. The van der Waals surface area contributed by atoms with E-state index in [1.807, 2.05) is 0 Å². The Balaban J connectivity index is 1.98. The molecule has 0 spiro atoms. The molecule has 8 heteroatoms. The molecule has 1 aromatic carbocycles. The number of halogens is 1. The molecule has 1 aliphatic rings. The monoisotopic (exact) mass is 364 g/mol. The van der Waals surface area contributed by atoms with Crippen molar-refractivity contribution in [1.29, 1.82) is 0 Å². The summed E-state index contributed by atoms with van der Waals surface area (Å²) in [7, 11) is 0. The molecule has 3 N–H and O–H groups in total. The fraction of sp³-hybridized carbons (Fsp3) is 0.188. The number of nitrogens with two attached hydrogens (primary N) is 1. The highest BCUT2D eigenvalue weighted by molar-refractivity contribution is 7.18. The molecule has 1 atom stereocenters. The standard InChI is InChI=1S/C16H13ClN2O4S/c17-13-6-5-12(24-13)11(20)7-16(23)9-3-1-2-4-10(9)19(15(16)22)8-14(18)21/h1-6,23H,7-8H2,(H2,18,21). The SMILES string of the molecule is NC(=O)CN1C(=O)C(O)(CC(=O)c2ccc(Cl)s2)c2ccccc21. The second-order valence-electron chi connectivity index (χ2n) is 5.44. The molecule has 2 aromatic rings. The van der Waals surface area contributed by atoms with E-state index in [1.54, 1.807) is 36.4 Å². The fourth-order valence-corrected chi connectivity index (χ4v) is 3.75. The first kappa shape index (κ1) is 16.6. The lowest BCUT2D eigenvalue weighted by molar-refractivity contribution is -0.136. The van der Waals surface area contributed by atoms with Gasteiger partial charge in [-0.2, -0.15) is 0 Å². The molecule has 1 aromatic heterocycles. The van der Waals surface area contributed by atoms with Crippen LogP contribution in [0.25, 0.3) is 0 Å². The molecule has 24 heavy (non-hydrogen) atoms. The van der Waals surface area contributed by atoms with Gasteiger partial charge in [0.05, 0.1) is 21.3 Å². The molecular weight excluding hydrogens is 352 g/mol. The molecule has 0 saturated heterocycles. The number of aliphatic hydroxyl groups is 1. The molecule has 1 unspecified atom stereocenters. The highest BCUT2D eigenvalue weighted by Gasteiger charge is 2.51. The molecule has 2 amide bonds. The molecular formula is C16H13ClN2O4S. The Bertz CT molecular complexity index is 850. The highest BCUT2D eigenvalue weighted by atomic mass is 35.5. The van der Waals surface area contributed by atoms with Gasteiger partial charge in [-0.1, -0.05) is 29.8 Å². The number of benzene rings is 1. The Morgan fingerprint density at radius 1 is 1.25 bits per heavy atom. The van der Waals surface area contributed by atoms with Crippen molar-refractivity contribution in [3.05, 3.63) is 51.2 Å². The molecule has 0 aliphatic carbocycles. The van der Waals surface area contributed by atoms with Gasteiger partial charge in [-0.3, -0.25) is 19.3 Å². The normalized spacial score (nSPS) is 19.4. The smallest absolute Gasteiger partial charge is 0.264 e. The number of anilines is 1. The van der Waals surface area contributed by atoms with Gasteiger partial charge in [-0.25, -0.2) is 0 Å². The number of para-hydroxylation sites is 1. The number of Topliss-reactive ketones (excluding diaryl/α,β-unsaturated/α-hetero) is 1. The van der Waals surface area contributed by atoms with Gasteiger partial charge in [0, 0.05) is 5.56 Å². The van der Waals surface area contributed by atoms with Crippen molar-refractivity contribution in [2.45, 2.75) is 12.0 Å². The molecule has 124 valence electrons. The summed E-state index contributed by atoms with van der Waals surface area (Å²) in [4.78, 5) is 37.8. The number of carbonyl (C=O) groups excluding carboxylic acids is 3. The summed E-state index contributed by atoms with van der Waals surface area (Å²) in [6.07, 6.45) is -0.436. The lowest BCUT2D eigenvalue weighted by Crippen LogP contribution is -2.44. The zero-order valence-corrected chi connectivity index (χ0v) is 13.9. The summed E-state index contributed by atoms with van der Waals surface area (Å²) < 4.78 is 0.443. The van der Waals surface area contributed by atoms with Gasteiger partial charge >= 0.3 is 0 Å². The number of hydrogen-bond acceptors (Lipinski definition) is 5. The number of fused-ring (bicyclic) bond motifs is 1. The molecule has 0 bridgehead atoms. The maximum absolute atomic E-state index is 12.7. The minimum atomic E-state index is -2.03. The van der Waals surface area contributed by atoms with E-state index in [9.17, 15) is 19.5 Å². The van der Waals surface area contributed by atoms with E-state index in [0.717, 1.165) is 16.2 Å². The molecule has 0 saturated carbocycles. The van der Waals surface area contributed by atoms with Crippen molar-refractivity contribution < 1.29 is 19.5 Å². The topological polar surface area (TPSA) is 101 Å². The number of ketones is 1. The maximum Gasteiger partial charge on any atom is 0.264 e. The number of hydrogen-bond donors (Lipinski definition) is 2. The minimum Gasteiger partial charge on any atom is -0.375 e. The van der Waals surface area contributed by atoms with Crippen LogP contribution in [-0.4, -0.2) is 29.2 Å². The van der Waals surface area contributed by atoms with Crippen LogP contribution in [0, 0.1) is 0 Å². The number of carbonyl (C=O) groups is 3. The van der Waals surface area contributed by atoms with E-state index in [0.29, 0.717) is 14.9 Å². The Hall–Kier alpha value is -2.22. The zero-order valence-electron chi connectivity index (χ0n) is 12.4. The first-order valence-corrected chi connectivity index (χ1v) is 8.23. The summed E-state index contributed by atoms with van der Waals surface area (Å²) in [5.74, 6) is -1.85. The predicted octanol–water partition coefficient (Wildman–Crippen LogP) is 1.69. The number of thiophene rings is 1. The van der Waals surface area contributed by atoms with Crippen LogP contribution in [0.4, 0.5) is 5.69 Å². The quantitative estimate of drug-likeness (QED) is 0.788. The van der Waals surface area contributed by atoms with Gasteiger partial charge in [0.2, 0.25) is 5.91 Å². The second kappa shape index (κ2) is 6.01. The third-order valence-corrected chi connectivity index (χ3v) is 5.09. The van der Waals surface area contributed by atoms with E-state index in [-0.39, 0.29) is 12.1 Å². The summed E-state index contributed by atoms with van der Waals surface area (Å²) in [5.41, 5.74) is 3.81. The Labute approximate surface area is 146 Å². The molecule has 1 aliphatic heterocycles. The van der Waals surface area contributed by atoms with Crippen molar-refractivity contribution >= 4 is 46.2 Å². The third kappa shape index (κ3) is 2.71. The van der Waals surface area contributed by atoms with Gasteiger partial charge in [0.1, 0.15) is 6.54 Å². The lowest BCUT2D eigenvalue weighted by atomic mass is 9.89. The maximum atomic E-state index is 12.7. The van der Waals surface area contributed by atoms with E-state index in [4.69, 9.17) is 17.3 Å². The van der Waals surface area contributed by atoms with Gasteiger partial charge < -0.3 is 10.8 Å².